The quantitative estimate of drug-likeness (QED) is 0.176. The van der Waals surface area contributed by atoms with E-state index in [0.29, 0.717) is 0 Å². The lowest BCUT2D eigenvalue weighted by molar-refractivity contribution is 0.280. The second kappa shape index (κ2) is 18.7. The van der Waals surface area contributed by atoms with Gasteiger partial charge in [0.1, 0.15) is 0 Å². The van der Waals surface area contributed by atoms with Crippen LogP contribution < -0.4 is 0 Å². The van der Waals surface area contributed by atoms with Crippen molar-refractivity contribution >= 4 is 0 Å². The Morgan fingerprint density at radius 1 is 0.552 bits per heavy atom. The van der Waals surface area contributed by atoms with Gasteiger partial charge in [0.05, 0.1) is 0 Å². The average molecular weight is 407 g/mol. The summed E-state index contributed by atoms with van der Waals surface area (Å²) >= 11 is 0. The Hall–Kier alpha value is 0. The van der Waals surface area contributed by atoms with Gasteiger partial charge in [-0.3, -0.25) is 0 Å². The van der Waals surface area contributed by atoms with Crippen molar-refractivity contribution in [2.75, 3.05) is 0 Å². The van der Waals surface area contributed by atoms with Crippen LogP contribution in [0.25, 0.3) is 0 Å². The van der Waals surface area contributed by atoms with E-state index in [9.17, 15) is 0 Å². The third-order valence-electron chi connectivity index (χ3n) is 7.85. The Bertz CT molecular complexity index is 313. The summed E-state index contributed by atoms with van der Waals surface area (Å²) in [6.07, 6.45) is 31.1. The van der Waals surface area contributed by atoms with Crippen molar-refractivity contribution in [3.8, 4) is 0 Å². The van der Waals surface area contributed by atoms with Crippen molar-refractivity contribution < 1.29 is 0 Å². The minimum absolute atomic E-state index is 0.988. The molecule has 1 rings (SSSR count). The lowest BCUT2D eigenvalue weighted by Gasteiger charge is -2.23. The zero-order valence-electron chi connectivity index (χ0n) is 21.2. The summed E-state index contributed by atoms with van der Waals surface area (Å²) in [4.78, 5) is 0. The van der Waals surface area contributed by atoms with Gasteiger partial charge in [-0.1, -0.05) is 143 Å². The molecule has 0 radical (unpaired) electrons. The van der Waals surface area contributed by atoms with Crippen LogP contribution in [-0.4, -0.2) is 0 Å². The molecule has 3 unspecified atom stereocenters. The van der Waals surface area contributed by atoms with E-state index in [-0.39, 0.29) is 0 Å². The SMILES string of the molecule is CCCCCCCCCCC(CCCCCCCCCC)CC1CC(C)CC1C. The first kappa shape index (κ1) is 27.0. The molecule has 0 aliphatic heterocycles. The van der Waals surface area contributed by atoms with E-state index < -0.39 is 0 Å². The number of unbranched alkanes of at least 4 members (excludes halogenated alkanes) is 14. The number of hydrogen-bond acceptors (Lipinski definition) is 0. The van der Waals surface area contributed by atoms with E-state index in [1.54, 1.807) is 6.42 Å². The molecular formula is C29H58. The smallest absolute Gasteiger partial charge is 0.0383 e. The first-order valence-corrected chi connectivity index (χ1v) is 14.2. The summed E-state index contributed by atoms with van der Waals surface area (Å²) in [6, 6.07) is 0. The average Bonchev–Trinajstić information content (AvgIpc) is 3.02. The third-order valence-corrected chi connectivity index (χ3v) is 7.85. The van der Waals surface area contributed by atoms with E-state index >= 15 is 0 Å². The van der Waals surface area contributed by atoms with E-state index in [1.165, 1.54) is 128 Å². The van der Waals surface area contributed by atoms with Gasteiger partial charge in [-0.05, 0) is 42.9 Å². The van der Waals surface area contributed by atoms with E-state index in [1.807, 2.05) is 0 Å². The Labute approximate surface area is 186 Å². The summed E-state index contributed by atoms with van der Waals surface area (Å²) < 4.78 is 0. The third kappa shape index (κ3) is 14.6. The normalized spacial score (nSPS) is 22.0. The monoisotopic (exact) mass is 406 g/mol. The van der Waals surface area contributed by atoms with Crippen LogP contribution in [0.2, 0.25) is 0 Å². The number of hydrogen-bond donors (Lipinski definition) is 0. The lowest BCUT2D eigenvalue weighted by Crippen LogP contribution is -2.12. The fourth-order valence-corrected chi connectivity index (χ4v) is 5.94. The molecule has 0 aromatic carbocycles. The Balaban J connectivity index is 2.19. The van der Waals surface area contributed by atoms with Crippen LogP contribution in [0.5, 0.6) is 0 Å². The first-order valence-electron chi connectivity index (χ1n) is 14.2. The highest BCUT2D eigenvalue weighted by molar-refractivity contribution is 4.81. The van der Waals surface area contributed by atoms with Gasteiger partial charge in [-0.25, -0.2) is 0 Å². The zero-order valence-corrected chi connectivity index (χ0v) is 21.2. The number of rotatable bonds is 20. The van der Waals surface area contributed by atoms with Crippen molar-refractivity contribution in [2.24, 2.45) is 23.7 Å². The van der Waals surface area contributed by atoms with Crippen LogP contribution in [0.3, 0.4) is 0 Å². The Kier molecular flexibility index (Phi) is 17.5. The highest BCUT2D eigenvalue weighted by atomic mass is 14.4. The minimum Gasteiger partial charge on any atom is -0.0654 e. The summed E-state index contributed by atoms with van der Waals surface area (Å²) in [7, 11) is 0. The molecule has 0 spiro atoms. The molecule has 0 aromatic rings. The van der Waals surface area contributed by atoms with Gasteiger partial charge >= 0.3 is 0 Å². The van der Waals surface area contributed by atoms with Crippen LogP contribution >= 0.6 is 0 Å². The first-order chi connectivity index (χ1) is 14.2. The molecule has 174 valence electrons. The molecule has 0 heterocycles. The maximum Gasteiger partial charge on any atom is -0.0383 e. The van der Waals surface area contributed by atoms with E-state index in [2.05, 4.69) is 27.7 Å². The summed E-state index contributed by atoms with van der Waals surface area (Å²) in [6.45, 7) is 9.66. The molecule has 1 aliphatic carbocycles. The highest BCUT2D eigenvalue weighted by Crippen LogP contribution is 2.41. The molecule has 0 heteroatoms. The minimum atomic E-state index is 0.988. The van der Waals surface area contributed by atoms with Gasteiger partial charge in [0.15, 0.2) is 0 Å². The molecule has 0 amide bonds. The molecule has 3 atom stereocenters. The van der Waals surface area contributed by atoms with Crippen LogP contribution in [0.15, 0.2) is 0 Å². The van der Waals surface area contributed by atoms with Gasteiger partial charge < -0.3 is 0 Å². The molecule has 0 N–H and O–H groups in total. The van der Waals surface area contributed by atoms with Gasteiger partial charge in [0.2, 0.25) is 0 Å². The summed E-state index contributed by atoms with van der Waals surface area (Å²) in [5.41, 5.74) is 0. The Morgan fingerprint density at radius 3 is 1.34 bits per heavy atom. The van der Waals surface area contributed by atoms with E-state index in [0.717, 1.165) is 23.7 Å². The second-order valence-electron chi connectivity index (χ2n) is 10.9. The van der Waals surface area contributed by atoms with Crippen molar-refractivity contribution in [1.29, 1.82) is 0 Å². The Morgan fingerprint density at radius 2 is 0.966 bits per heavy atom. The van der Waals surface area contributed by atoms with Gasteiger partial charge in [-0.2, -0.15) is 0 Å². The maximum absolute atomic E-state index is 2.54. The molecule has 29 heavy (non-hydrogen) atoms. The lowest BCUT2D eigenvalue weighted by atomic mass is 9.82. The second-order valence-corrected chi connectivity index (χ2v) is 10.9. The van der Waals surface area contributed by atoms with Gasteiger partial charge in [-0.15, -0.1) is 0 Å². The van der Waals surface area contributed by atoms with Crippen LogP contribution in [0, 0.1) is 23.7 Å². The molecule has 1 aliphatic rings. The predicted octanol–water partition coefficient (Wildman–Crippen LogP) is 10.7. The summed E-state index contributed by atoms with van der Waals surface area (Å²) in [5.74, 6) is 4.05. The largest absolute Gasteiger partial charge is 0.0654 e. The van der Waals surface area contributed by atoms with Crippen molar-refractivity contribution in [3.63, 3.8) is 0 Å². The molecule has 1 fully saturated rings. The van der Waals surface area contributed by atoms with Gasteiger partial charge in [0.25, 0.3) is 0 Å². The van der Waals surface area contributed by atoms with Crippen molar-refractivity contribution in [1.82, 2.24) is 0 Å². The van der Waals surface area contributed by atoms with Crippen molar-refractivity contribution in [2.45, 2.75) is 163 Å². The van der Waals surface area contributed by atoms with Crippen molar-refractivity contribution in [3.05, 3.63) is 0 Å². The topological polar surface area (TPSA) is 0 Å². The van der Waals surface area contributed by atoms with Crippen LogP contribution in [-0.2, 0) is 0 Å². The predicted molar refractivity (Wildman–Crippen MR) is 134 cm³/mol. The highest BCUT2D eigenvalue weighted by Gasteiger charge is 2.30. The summed E-state index contributed by atoms with van der Waals surface area (Å²) in [5, 5.41) is 0. The standard InChI is InChI=1S/C29H58/c1-5-7-9-11-13-15-17-19-21-28(25-29-24-26(3)23-27(29)4)22-20-18-16-14-12-10-8-6-2/h26-29H,5-25H2,1-4H3. The molecular weight excluding hydrogens is 348 g/mol. The molecule has 0 bridgehead atoms. The maximum atomic E-state index is 2.54. The van der Waals surface area contributed by atoms with Crippen LogP contribution in [0.4, 0.5) is 0 Å². The molecule has 0 nitrogen and oxygen atoms in total. The van der Waals surface area contributed by atoms with Crippen LogP contribution in [0.1, 0.15) is 163 Å². The molecule has 1 saturated carbocycles. The fourth-order valence-electron chi connectivity index (χ4n) is 5.94. The van der Waals surface area contributed by atoms with E-state index in [4.69, 9.17) is 0 Å². The zero-order chi connectivity index (χ0) is 21.2. The molecule has 0 aromatic heterocycles. The van der Waals surface area contributed by atoms with Gasteiger partial charge in [0, 0.05) is 0 Å². The molecule has 0 saturated heterocycles. The fraction of sp³-hybridized carbons (Fsp3) is 1.00.